The lowest BCUT2D eigenvalue weighted by Gasteiger charge is -2.36. The summed E-state index contributed by atoms with van der Waals surface area (Å²) in [5.74, 6) is -1.84. The van der Waals surface area contributed by atoms with Gasteiger partial charge in [0.15, 0.2) is 22.8 Å². The first kappa shape index (κ1) is 23.4. The lowest BCUT2D eigenvalue weighted by atomic mass is 10.2. The highest BCUT2D eigenvalue weighted by atomic mass is 19.1. The lowest BCUT2D eigenvalue weighted by molar-refractivity contribution is -0.137. The van der Waals surface area contributed by atoms with Crippen LogP contribution in [0.4, 0.5) is 20.4 Å². The van der Waals surface area contributed by atoms with Gasteiger partial charge in [0.05, 0.1) is 6.61 Å². The normalized spacial score (nSPS) is 14.1. The molecule has 0 radical (unpaired) electrons. The molecule has 0 bridgehead atoms. The van der Waals surface area contributed by atoms with Gasteiger partial charge in [-0.3, -0.25) is 14.6 Å². The third kappa shape index (κ3) is 5.07. The zero-order chi connectivity index (χ0) is 24.2. The number of piperazine rings is 1. The molecule has 3 heterocycles. The molecule has 182 valence electrons. The Bertz CT molecular complexity index is 1210. The Balaban J connectivity index is 1.36. The molecule has 2 aromatic heterocycles. The highest BCUT2D eigenvalue weighted by Gasteiger charge is 2.25. The number of nitrogens with one attached hydrogen (secondary N) is 1. The van der Waals surface area contributed by atoms with E-state index in [9.17, 15) is 18.4 Å². The summed E-state index contributed by atoms with van der Waals surface area (Å²) in [6.07, 6.45) is 1.87. The summed E-state index contributed by atoms with van der Waals surface area (Å²) in [6, 6.07) is 2.31. The molecule has 1 aliphatic heterocycles. The molecule has 0 spiro atoms. The van der Waals surface area contributed by atoms with E-state index < -0.39 is 23.2 Å². The van der Waals surface area contributed by atoms with Gasteiger partial charge < -0.3 is 19.6 Å². The number of hydrogen-bond acceptors (Lipinski definition) is 8. The van der Waals surface area contributed by atoms with Crippen LogP contribution in [0, 0.1) is 11.6 Å². The number of carboxylic acid groups (broad SMARTS) is 1. The third-order valence-corrected chi connectivity index (χ3v) is 5.64. The van der Waals surface area contributed by atoms with Crippen molar-refractivity contribution < 1.29 is 23.4 Å². The van der Waals surface area contributed by atoms with Gasteiger partial charge in [-0.15, -0.1) is 5.10 Å². The Morgan fingerprint density at radius 1 is 1.12 bits per heavy atom. The number of benzene rings is 1. The van der Waals surface area contributed by atoms with E-state index in [-0.39, 0.29) is 30.0 Å². The topological polar surface area (TPSA) is 129 Å². The van der Waals surface area contributed by atoms with Crippen LogP contribution in [0.5, 0.6) is 5.75 Å². The monoisotopic (exact) mass is 477 g/mol. The second-order valence-corrected chi connectivity index (χ2v) is 8.04. The standard InChI is InChI=1S/C21H25F2N7O4/c1-28-19-17(26-27-28)20(33)25-21(24-19)30-8-6-29(7-9-30)18-14(22)11-13(12-15(18)23)34-10-4-2-3-5-16(31)32/h11-12H,2-10H2,1H3,(H,31,32)(H,24,25,33). The van der Waals surface area contributed by atoms with Crippen molar-refractivity contribution in [2.75, 3.05) is 42.6 Å². The molecule has 2 N–H and O–H groups in total. The van der Waals surface area contributed by atoms with E-state index in [4.69, 9.17) is 9.84 Å². The van der Waals surface area contributed by atoms with Crippen molar-refractivity contribution in [2.24, 2.45) is 7.05 Å². The largest absolute Gasteiger partial charge is 0.493 e. The smallest absolute Gasteiger partial charge is 0.303 e. The van der Waals surface area contributed by atoms with Gasteiger partial charge in [0, 0.05) is 51.8 Å². The molecule has 0 amide bonds. The van der Waals surface area contributed by atoms with Crippen molar-refractivity contribution in [3.05, 3.63) is 34.1 Å². The summed E-state index contributed by atoms with van der Waals surface area (Å²) in [7, 11) is 1.64. The van der Waals surface area contributed by atoms with E-state index in [1.807, 2.05) is 4.90 Å². The van der Waals surface area contributed by atoms with Crippen LogP contribution in [0.3, 0.4) is 0 Å². The van der Waals surface area contributed by atoms with Crippen LogP contribution >= 0.6 is 0 Å². The highest BCUT2D eigenvalue weighted by molar-refractivity contribution is 5.69. The molecular weight excluding hydrogens is 452 g/mol. The Morgan fingerprint density at radius 3 is 2.47 bits per heavy atom. The average Bonchev–Trinajstić information content (AvgIpc) is 3.17. The molecule has 11 nitrogen and oxygen atoms in total. The zero-order valence-electron chi connectivity index (χ0n) is 18.6. The van der Waals surface area contributed by atoms with Crippen molar-refractivity contribution in [2.45, 2.75) is 25.7 Å². The van der Waals surface area contributed by atoms with Gasteiger partial charge in [-0.2, -0.15) is 4.98 Å². The minimum atomic E-state index is -0.849. The summed E-state index contributed by atoms with van der Waals surface area (Å²) in [5.41, 5.74) is -0.0152. The molecular formula is C21H25F2N7O4. The van der Waals surface area contributed by atoms with E-state index in [1.54, 1.807) is 11.9 Å². The van der Waals surface area contributed by atoms with Crippen LogP contribution in [0.2, 0.25) is 0 Å². The average molecular weight is 477 g/mol. The first-order valence-electron chi connectivity index (χ1n) is 11.0. The first-order chi connectivity index (χ1) is 16.3. The number of unbranched alkanes of at least 4 members (excludes halogenated alkanes) is 2. The molecule has 13 heteroatoms. The Labute approximate surface area is 192 Å². The van der Waals surface area contributed by atoms with Gasteiger partial charge in [0.1, 0.15) is 11.4 Å². The van der Waals surface area contributed by atoms with Crippen molar-refractivity contribution in [3.63, 3.8) is 0 Å². The second-order valence-electron chi connectivity index (χ2n) is 8.04. The number of aromatic nitrogens is 5. The molecule has 0 aliphatic carbocycles. The number of fused-ring (bicyclic) bond motifs is 1. The summed E-state index contributed by atoms with van der Waals surface area (Å²) < 4.78 is 36.4. The number of carboxylic acids is 1. The number of anilines is 2. The maximum absolute atomic E-state index is 14.8. The Hall–Kier alpha value is -3.77. The van der Waals surface area contributed by atoms with Crippen LogP contribution in [-0.4, -0.2) is 68.8 Å². The molecule has 1 saturated heterocycles. The van der Waals surface area contributed by atoms with Crippen LogP contribution in [0.15, 0.2) is 16.9 Å². The van der Waals surface area contributed by atoms with E-state index >= 15 is 0 Å². The number of nitrogens with zero attached hydrogens (tertiary/aromatic N) is 6. The predicted octanol–water partition coefficient (Wildman–Crippen LogP) is 1.68. The van der Waals surface area contributed by atoms with Gasteiger partial charge >= 0.3 is 5.97 Å². The SMILES string of the molecule is Cn1nnc2c(=O)[nH]c(N3CCN(c4c(F)cc(OCCCCCC(=O)O)cc4F)CC3)nc21. The van der Waals surface area contributed by atoms with Crippen LogP contribution in [-0.2, 0) is 11.8 Å². The predicted molar refractivity (Wildman–Crippen MR) is 119 cm³/mol. The number of ether oxygens (including phenoxy) is 1. The van der Waals surface area contributed by atoms with E-state index in [0.29, 0.717) is 57.0 Å². The number of aliphatic carboxylic acids is 1. The number of carbonyl (C=O) groups is 1. The van der Waals surface area contributed by atoms with Crippen LogP contribution < -0.4 is 20.1 Å². The number of rotatable bonds is 9. The van der Waals surface area contributed by atoms with Crippen molar-refractivity contribution in [1.82, 2.24) is 25.0 Å². The zero-order valence-corrected chi connectivity index (χ0v) is 18.6. The van der Waals surface area contributed by atoms with Crippen molar-refractivity contribution >= 4 is 28.8 Å². The quantitative estimate of drug-likeness (QED) is 0.442. The van der Waals surface area contributed by atoms with Crippen LogP contribution in [0.25, 0.3) is 11.2 Å². The number of aryl methyl sites for hydroxylation is 1. The molecule has 0 saturated carbocycles. The first-order valence-corrected chi connectivity index (χ1v) is 11.0. The maximum atomic E-state index is 14.8. The molecule has 1 aliphatic rings. The fraction of sp³-hybridized carbons (Fsp3) is 0.476. The fourth-order valence-corrected chi connectivity index (χ4v) is 3.88. The number of aromatic amines is 1. The van der Waals surface area contributed by atoms with Crippen LogP contribution in [0.1, 0.15) is 25.7 Å². The number of halogens is 2. The third-order valence-electron chi connectivity index (χ3n) is 5.64. The van der Waals surface area contributed by atoms with Gasteiger partial charge in [-0.25, -0.2) is 13.5 Å². The summed E-state index contributed by atoms with van der Waals surface area (Å²) >= 11 is 0. The van der Waals surface area contributed by atoms with Gasteiger partial charge in [0.25, 0.3) is 5.56 Å². The Morgan fingerprint density at radius 2 is 1.79 bits per heavy atom. The second kappa shape index (κ2) is 10.0. The molecule has 0 atom stereocenters. The minimum absolute atomic E-state index is 0.0898. The molecule has 0 unspecified atom stereocenters. The molecule has 3 aromatic rings. The van der Waals surface area contributed by atoms with Gasteiger partial charge in [-0.05, 0) is 19.3 Å². The maximum Gasteiger partial charge on any atom is 0.303 e. The van der Waals surface area contributed by atoms with Gasteiger partial charge in [0.2, 0.25) is 5.95 Å². The van der Waals surface area contributed by atoms with Crippen molar-refractivity contribution in [1.29, 1.82) is 0 Å². The van der Waals surface area contributed by atoms with Crippen molar-refractivity contribution in [3.8, 4) is 5.75 Å². The lowest BCUT2D eigenvalue weighted by Crippen LogP contribution is -2.48. The van der Waals surface area contributed by atoms with E-state index in [0.717, 1.165) is 12.1 Å². The van der Waals surface area contributed by atoms with E-state index in [2.05, 4.69) is 20.3 Å². The minimum Gasteiger partial charge on any atom is -0.493 e. The highest BCUT2D eigenvalue weighted by Crippen LogP contribution is 2.29. The summed E-state index contributed by atoms with van der Waals surface area (Å²) in [6.45, 7) is 1.69. The summed E-state index contributed by atoms with van der Waals surface area (Å²) in [5, 5.41) is 16.2. The van der Waals surface area contributed by atoms with Gasteiger partial charge in [-0.1, -0.05) is 5.21 Å². The molecule has 1 aromatic carbocycles. The Kier molecular flexibility index (Phi) is 6.89. The fourth-order valence-electron chi connectivity index (χ4n) is 3.88. The molecule has 4 rings (SSSR count). The summed E-state index contributed by atoms with van der Waals surface area (Å²) in [4.78, 5) is 33.3. The number of H-pyrrole nitrogens is 1. The molecule has 34 heavy (non-hydrogen) atoms. The number of hydrogen-bond donors (Lipinski definition) is 2. The molecule has 1 fully saturated rings. The van der Waals surface area contributed by atoms with E-state index in [1.165, 1.54) is 4.68 Å².